The van der Waals surface area contributed by atoms with E-state index in [4.69, 9.17) is 44.5 Å². The fraction of sp³-hybridized carbons (Fsp3) is 0.562. The number of hydrogen-bond donors (Lipinski definition) is 5. The summed E-state index contributed by atoms with van der Waals surface area (Å²) in [6.45, 7) is 25.7. The van der Waals surface area contributed by atoms with Gasteiger partial charge in [0, 0.05) is 12.2 Å². The van der Waals surface area contributed by atoms with Crippen LogP contribution in [0.3, 0.4) is 0 Å². The van der Waals surface area contributed by atoms with Crippen LogP contribution in [0.15, 0.2) is 72.8 Å². The number of ether oxygens (including phenoxy) is 4. The van der Waals surface area contributed by atoms with Crippen molar-refractivity contribution in [1.29, 1.82) is 0 Å². The fourth-order valence-corrected chi connectivity index (χ4v) is 2.72. The van der Waals surface area contributed by atoms with Crippen molar-refractivity contribution in [2.45, 2.75) is 134 Å². The minimum absolute atomic E-state index is 0.00704. The normalized spacial score (nSPS) is 11.0. The standard InChI is InChI=1S/2C12H14O2.2C7H14O2.C4H8O2.2C3H8O2/c1-10(2)14-12(13)9-8-11-6-4-3-5-7-11;1-2-10-14-12(13)9-8-11-6-4-3-5-7-11;1-5(2)7(8)9-6(3)4;1-4-5-9-7(8)6(2)3;1-3(2)4(5)6;2*1-3(5)2-4/h3-10H,1-2H3;3-9H,2,10H2,1H3;5-6H,1-4H3;6H,4-5H2,1-3H3;3H,1-2H3,(H,5,6);2*3-5H,2H2,1H3/b2*9-8+;;;;;. The molecule has 2 rings (SSSR count). The first-order valence-electron chi connectivity index (χ1n) is 20.9. The molecule has 5 N–H and O–H groups in total. The Labute approximate surface area is 372 Å². The van der Waals surface area contributed by atoms with Gasteiger partial charge in [0.05, 0.1) is 68.6 Å². The van der Waals surface area contributed by atoms with Crippen LogP contribution in [-0.2, 0) is 42.9 Å². The van der Waals surface area contributed by atoms with Crippen molar-refractivity contribution < 1.29 is 68.5 Å². The van der Waals surface area contributed by atoms with Gasteiger partial charge in [-0.3, -0.25) is 14.4 Å². The van der Waals surface area contributed by atoms with Gasteiger partial charge in [-0.05, 0) is 77.7 Å². The van der Waals surface area contributed by atoms with E-state index in [0.717, 1.165) is 24.0 Å². The molecular weight excluding hydrogens is 801 g/mol. The highest BCUT2D eigenvalue weighted by Crippen LogP contribution is 2.03. The Bertz CT molecular complexity index is 1410. The Morgan fingerprint density at radius 3 is 1.10 bits per heavy atom. The molecule has 2 atom stereocenters. The number of aliphatic hydroxyl groups is 4. The molecule has 0 amide bonds. The minimum Gasteiger partial charge on any atom is -0.481 e. The molecule has 2 unspecified atom stereocenters. The molecule has 0 radical (unpaired) electrons. The molecule has 0 aliphatic carbocycles. The number of esters is 4. The lowest BCUT2D eigenvalue weighted by Crippen LogP contribution is -2.16. The number of carbonyl (C=O) groups is 5. The zero-order valence-electron chi connectivity index (χ0n) is 39.8. The van der Waals surface area contributed by atoms with Gasteiger partial charge in [-0.15, -0.1) is 0 Å². The van der Waals surface area contributed by atoms with Crippen molar-refractivity contribution in [3.05, 3.63) is 83.9 Å². The Morgan fingerprint density at radius 1 is 0.516 bits per heavy atom. The summed E-state index contributed by atoms with van der Waals surface area (Å²) in [7, 11) is 0. The van der Waals surface area contributed by atoms with E-state index in [-0.39, 0.29) is 67.1 Å². The molecule has 0 fully saturated rings. The van der Waals surface area contributed by atoms with E-state index in [1.54, 1.807) is 26.0 Å². The molecule has 0 saturated heterocycles. The second-order valence-corrected chi connectivity index (χ2v) is 14.7. The molecular formula is C48H80O14. The summed E-state index contributed by atoms with van der Waals surface area (Å²) in [5.74, 6) is -1.77. The second-order valence-electron chi connectivity index (χ2n) is 14.7. The van der Waals surface area contributed by atoms with Crippen LogP contribution in [0.5, 0.6) is 0 Å². The maximum Gasteiger partial charge on any atom is 0.331 e. The SMILES string of the molecule is CC(C)C(=O)O.CC(C)OC(=O)/C=C/c1ccccc1.CC(C)OC(=O)C(C)C.CC(O)CO.CC(O)CO.CCCOC(=O)/C=C/c1ccccc1.CCCOC(=O)C(C)C. The van der Waals surface area contributed by atoms with E-state index in [9.17, 15) is 24.0 Å². The van der Waals surface area contributed by atoms with Crippen LogP contribution in [0.4, 0.5) is 0 Å². The quantitative estimate of drug-likeness (QED) is 0.0651. The largest absolute Gasteiger partial charge is 0.481 e. The number of aliphatic carboxylic acids is 1. The summed E-state index contributed by atoms with van der Waals surface area (Å²) in [4.78, 5) is 53.3. The number of carboxylic acids is 1. The van der Waals surface area contributed by atoms with E-state index in [0.29, 0.717) is 13.2 Å². The number of rotatable bonds is 15. The third-order valence-corrected chi connectivity index (χ3v) is 5.99. The lowest BCUT2D eigenvalue weighted by molar-refractivity contribution is -0.151. The lowest BCUT2D eigenvalue weighted by atomic mass is 10.2. The van der Waals surface area contributed by atoms with Gasteiger partial charge in [0.2, 0.25) is 0 Å². The third kappa shape index (κ3) is 57.2. The number of benzene rings is 2. The first-order chi connectivity index (χ1) is 28.9. The van der Waals surface area contributed by atoms with Gasteiger partial charge in [0.1, 0.15) is 0 Å². The van der Waals surface area contributed by atoms with Crippen molar-refractivity contribution in [2.75, 3.05) is 26.4 Å². The highest BCUT2D eigenvalue weighted by molar-refractivity contribution is 5.87. The molecule has 0 aliphatic heterocycles. The second kappa shape index (κ2) is 45.6. The monoisotopic (exact) mass is 881 g/mol. The van der Waals surface area contributed by atoms with Gasteiger partial charge in [0.25, 0.3) is 0 Å². The summed E-state index contributed by atoms with van der Waals surface area (Å²) in [6, 6.07) is 19.3. The van der Waals surface area contributed by atoms with E-state index >= 15 is 0 Å². The van der Waals surface area contributed by atoms with Crippen LogP contribution in [0.1, 0.15) is 121 Å². The summed E-state index contributed by atoms with van der Waals surface area (Å²) in [6.07, 6.45) is 6.96. The summed E-state index contributed by atoms with van der Waals surface area (Å²) < 4.78 is 19.5. The van der Waals surface area contributed by atoms with Crippen molar-refractivity contribution in [3.8, 4) is 0 Å². The number of aliphatic hydroxyl groups excluding tert-OH is 4. The van der Waals surface area contributed by atoms with Gasteiger partial charge < -0.3 is 44.5 Å². The topological polar surface area (TPSA) is 223 Å². The van der Waals surface area contributed by atoms with Crippen LogP contribution in [0.2, 0.25) is 0 Å². The average molecular weight is 881 g/mol. The molecule has 2 aromatic carbocycles. The molecule has 0 spiro atoms. The Hall–Kier alpha value is -4.89. The number of hydrogen-bond acceptors (Lipinski definition) is 13. The molecule has 2 aromatic rings. The van der Waals surface area contributed by atoms with Crippen LogP contribution < -0.4 is 0 Å². The first kappa shape index (κ1) is 66.2. The zero-order valence-corrected chi connectivity index (χ0v) is 39.8. The number of carbonyl (C=O) groups excluding carboxylic acids is 4. The molecule has 0 aliphatic rings. The summed E-state index contributed by atoms with van der Waals surface area (Å²) in [5.41, 5.74) is 1.99. The lowest BCUT2D eigenvalue weighted by Gasteiger charge is -2.08. The van der Waals surface area contributed by atoms with E-state index < -0.39 is 18.2 Å². The van der Waals surface area contributed by atoms with Crippen LogP contribution in [0, 0.1) is 17.8 Å². The molecule has 14 nitrogen and oxygen atoms in total. The smallest absolute Gasteiger partial charge is 0.331 e. The maximum absolute atomic E-state index is 11.1. The van der Waals surface area contributed by atoms with Crippen molar-refractivity contribution in [1.82, 2.24) is 0 Å². The average Bonchev–Trinajstić information content (AvgIpc) is 3.22. The molecule has 0 aromatic heterocycles. The first-order valence-corrected chi connectivity index (χ1v) is 20.9. The highest BCUT2D eigenvalue weighted by atomic mass is 16.5. The van der Waals surface area contributed by atoms with E-state index in [2.05, 4.69) is 0 Å². The number of carboxylic acid groups (broad SMARTS) is 1. The van der Waals surface area contributed by atoms with E-state index in [1.165, 1.54) is 26.0 Å². The van der Waals surface area contributed by atoms with Crippen molar-refractivity contribution in [2.24, 2.45) is 17.8 Å². The summed E-state index contributed by atoms with van der Waals surface area (Å²) in [5, 5.41) is 40.0. The van der Waals surface area contributed by atoms with Gasteiger partial charge in [-0.25, -0.2) is 9.59 Å². The molecule has 0 saturated carbocycles. The molecule has 62 heavy (non-hydrogen) atoms. The molecule has 0 bridgehead atoms. The van der Waals surface area contributed by atoms with Crippen LogP contribution in [0.25, 0.3) is 12.2 Å². The molecule has 14 heteroatoms. The summed E-state index contributed by atoms with van der Waals surface area (Å²) >= 11 is 0. The molecule has 0 heterocycles. The predicted octanol–water partition coefficient (Wildman–Crippen LogP) is 7.94. The maximum atomic E-state index is 11.1. The predicted molar refractivity (Wildman–Crippen MR) is 246 cm³/mol. The van der Waals surface area contributed by atoms with Gasteiger partial charge >= 0.3 is 29.8 Å². The van der Waals surface area contributed by atoms with Crippen molar-refractivity contribution >= 4 is 42.0 Å². The third-order valence-electron chi connectivity index (χ3n) is 5.99. The zero-order chi connectivity index (χ0) is 49.1. The highest BCUT2D eigenvalue weighted by Gasteiger charge is 2.09. The fourth-order valence-electron chi connectivity index (χ4n) is 2.72. The Kier molecular flexibility index (Phi) is 48.7. The van der Waals surface area contributed by atoms with Gasteiger partial charge in [0.15, 0.2) is 0 Å². The minimum atomic E-state index is -0.741. The van der Waals surface area contributed by atoms with E-state index in [1.807, 2.05) is 130 Å². The molecule has 356 valence electrons. The van der Waals surface area contributed by atoms with Gasteiger partial charge in [-0.1, -0.05) is 116 Å². The Morgan fingerprint density at radius 2 is 0.839 bits per heavy atom. The Balaban J connectivity index is -0.000000212. The van der Waals surface area contributed by atoms with Crippen molar-refractivity contribution in [3.63, 3.8) is 0 Å². The van der Waals surface area contributed by atoms with Crippen LogP contribution in [-0.4, -0.2) is 106 Å². The van der Waals surface area contributed by atoms with Gasteiger partial charge in [-0.2, -0.15) is 0 Å². The van der Waals surface area contributed by atoms with Crippen LogP contribution >= 0.6 is 0 Å².